The smallest absolute Gasteiger partial charge is 0.380 e. The van der Waals surface area contributed by atoms with Crippen LogP contribution in [0.15, 0.2) is 34.9 Å². The molecule has 3 fully saturated rings. The second kappa shape index (κ2) is 11.4. The Bertz CT molecular complexity index is 989. The van der Waals surface area contributed by atoms with E-state index in [0.29, 0.717) is 30.1 Å². The molecule has 1 N–H and O–H groups in total. The average Bonchev–Trinajstić information content (AvgIpc) is 2.92. The van der Waals surface area contributed by atoms with E-state index in [2.05, 4.69) is 54.7 Å². The largest absolute Gasteiger partial charge is 0.417 e. The van der Waals surface area contributed by atoms with Crippen LogP contribution in [0, 0.1) is 35.0 Å². The molecule has 3 nitrogen and oxygen atoms in total. The summed E-state index contributed by atoms with van der Waals surface area (Å²) in [5.74, 6) is 1.41. The molecule has 0 aromatic heterocycles. The maximum absolute atomic E-state index is 13.7. The Kier molecular flexibility index (Phi) is 8.77. The van der Waals surface area contributed by atoms with Crippen molar-refractivity contribution < 1.29 is 27.8 Å². The molecule has 1 spiro atoms. The third-order valence-electron chi connectivity index (χ3n) is 10.6. The lowest BCUT2D eigenvalue weighted by molar-refractivity contribution is -0.312. The molecule has 0 bridgehead atoms. The quantitative estimate of drug-likeness (QED) is 0.176. The van der Waals surface area contributed by atoms with E-state index < -0.39 is 17.6 Å². The first kappa shape index (κ1) is 30.1. The van der Waals surface area contributed by atoms with Gasteiger partial charge in [0.1, 0.15) is 0 Å². The molecule has 0 aromatic carbocycles. The lowest BCUT2D eigenvalue weighted by Gasteiger charge is -2.53. The van der Waals surface area contributed by atoms with Crippen molar-refractivity contribution >= 4 is 22.6 Å². The Hall–Kier alpha value is -0.380. The monoisotopic (exact) mass is 662 g/mol. The summed E-state index contributed by atoms with van der Waals surface area (Å²) in [6, 6.07) is 0. The zero-order chi connectivity index (χ0) is 28.1. The van der Waals surface area contributed by atoms with Gasteiger partial charge in [0.25, 0.3) is 0 Å². The third-order valence-corrected chi connectivity index (χ3v) is 11.5. The summed E-state index contributed by atoms with van der Waals surface area (Å²) in [5, 5.41) is 10.5. The minimum atomic E-state index is -4.58. The highest BCUT2D eigenvalue weighted by atomic mass is 127. The van der Waals surface area contributed by atoms with E-state index in [1.807, 2.05) is 0 Å². The van der Waals surface area contributed by atoms with Crippen molar-refractivity contribution in [3.63, 3.8) is 0 Å². The molecule has 1 aliphatic heterocycles. The van der Waals surface area contributed by atoms with Gasteiger partial charge in [-0.1, -0.05) is 72.7 Å². The minimum Gasteiger partial charge on any atom is -0.380 e. The molecule has 5 aliphatic rings. The van der Waals surface area contributed by atoms with Gasteiger partial charge in [-0.2, -0.15) is 13.2 Å². The maximum atomic E-state index is 13.7. The molecule has 0 radical (unpaired) electrons. The molecule has 0 amide bonds. The van der Waals surface area contributed by atoms with Crippen molar-refractivity contribution in [3.05, 3.63) is 34.9 Å². The molecule has 1 heterocycles. The summed E-state index contributed by atoms with van der Waals surface area (Å²) in [6.07, 6.45) is 10.3. The molecule has 6 atom stereocenters. The van der Waals surface area contributed by atoms with E-state index in [1.165, 1.54) is 12.5 Å². The lowest BCUT2D eigenvalue weighted by atomic mass is 9.56. The second-order valence-electron chi connectivity index (χ2n) is 13.8. The van der Waals surface area contributed by atoms with Crippen molar-refractivity contribution in [1.29, 1.82) is 0 Å². The number of aliphatic hydroxyl groups is 1. The van der Waals surface area contributed by atoms with E-state index >= 15 is 0 Å². The number of fused-ring (bicyclic) bond motifs is 2. The summed E-state index contributed by atoms with van der Waals surface area (Å²) >= 11 is 2.42. The average molecular weight is 663 g/mol. The Balaban J connectivity index is 1.40. The standard InChI is InChI=1S/C32H46F3IO3/c1-4-30(37,32(33,34)35)15-13-23-9-11-25(22-7-5-21(18-36)6-8-22)28-26(23)12-10-24-17-31(16-14-27(24)28)38-19-29(2,3)20-39-31/h5-7,22-26,37H,4,8-20H2,1-3H3/t22?,23?,24?,25?,26?,30-/m1/s1. The van der Waals surface area contributed by atoms with Crippen molar-refractivity contribution in [2.75, 3.05) is 17.6 Å². The van der Waals surface area contributed by atoms with Crippen LogP contribution in [0.4, 0.5) is 13.2 Å². The topological polar surface area (TPSA) is 38.7 Å². The predicted molar refractivity (Wildman–Crippen MR) is 156 cm³/mol. The van der Waals surface area contributed by atoms with Gasteiger partial charge in [0, 0.05) is 22.7 Å². The summed E-state index contributed by atoms with van der Waals surface area (Å²) in [4.78, 5) is 0. The third kappa shape index (κ3) is 6.08. The number of hydrogen-bond acceptors (Lipinski definition) is 3. The van der Waals surface area contributed by atoms with Gasteiger partial charge >= 0.3 is 6.18 Å². The van der Waals surface area contributed by atoms with Gasteiger partial charge in [-0.15, -0.1) is 0 Å². The SMILES string of the molecule is CC[C@@](O)(CCC1CCC(C2C=CC(CI)=CC2)C2=C3CCC4(CC3CCC21)OCC(C)(C)CO4)C(F)(F)F. The summed E-state index contributed by atoms with van der Waals surface area (Å²) in [7, 11) is 0. The zero-order valence-electron chi connectivity index (χ0n) is 23.8. The second-order valence-corrected chi connectivity index (χ2v) is 14.5. The minimum absolute atomic E-state index is 0.0395. The number of ether oxygens (including phenoxy) is 2. The van der Waals surface area contributed by atoms with Crippen molar-refractivity contribution in [2.45, 2.75) is 109 Å². The zero-order valence-corrected chi connectivity index (χ0v) is 26.0. The highest BCUT2D eigenvalue weighted by Crippen LogP contribution is 2.57. The van der Waals surface area contributed by atoms with Crippen molar-refractivity contribution in [2.24, 2.45) is 35.0 Å². The van der Waals surface area contributed by atoms with Gasteiger partial charge in [0.05, 0.1) is 13.2 Å². The van der Waals surface area contributed by atoms with E-state index in [-0.39, 0.29) is 24.2 Å². The molecule has 7 heteroatoms. The summed E-state index contributed by atoms with van der Waals surface area (Å²) in [5.41, 5.74) is 1.99. The van der Waals surface area contributed by atoms with E-state index in [0.717, 1.165) is 69.0 Å². The summed E-state index contributed by atoms with van der Waals surface area (Å²) in [6.45, 7) is 7.25. The van der Waals surface area contributed by atoms with Crippen LogP contribution in [0.1, 0.15) is 91.4 Å². The van der Waals surface area contributed by atoms with Crippen molar-refractivity contribution in [3.8, 4) is 0 Å². The molecular weight excluding hydrogens is 616 g/mol. The molecule has 2 saturated carbocycles. The number of halogens is 4. The number of hydrogen-bond donors (Lipinski definition) is 1. The summed E-state index contributed by atoms with van der Waals surface area (Å²) < 4.78 is 55.0. The normalized spacial score (nSPS) is 35.7. The van der Waals surface area contributed by atoms with Crippen LogP contribution in [-0.4, -0.2) is 40.3 Å². The van der Waals surface area contributed by atoms with Gasteiger partial charge in [0.15, 0.2) is 11.4 Å². The Morgan fingerprint density at radius 1 is 1.08 bits per heavy atom. The van der Waals surface area contributed by atoms with Gasteiger partial charge < -0.3 is 14.6 Å². The van der Waals surface area contributed by atoms with Crippen LogP contribution in [0.2, 0.25) is 0 Å². The highest BCUT2D eigenvalue weighted by Gasteiger charge is 2.53. The van der Waals surface area contributed by atoms with Gasteiger partial charge in [-0.05, 0) is 93.0 Å². The molecule has 5 unspecified atom stereocenters. The van der Waals surface area contributed by atoms with Crippen LogP contribution in [0.3, 0.4) is 0 Å². The number of rotatable bonds is 6. The fourth-order valence-electron chi connectivity index (χ4n) is 8.13. The van der Waals surface area contributed by atoms with Crippen LogP contribution in [0.25, 0.3) is 0 Å². The van der Waals surface area contributed by atoms with Gasteiger partial charge in [0.2, 0.25) is 0 Å². The molecule has 4 aliphatic carbocycles. The number of allylic oxidation sites excluding steroid dienone is 6. The van der Waals surface area contributed by atoms with E-state index in [9.17, 15) is 18.3 Å². The Morgan fingerprint density at radius 3 is 2.41 bits per heavy atom. The first-order valence-corrected chi connectivity index (χ1v) is 16.6. The fraction of sp³-hybridized carbons (Fsp3) is 0.812. The fourth-order valence-corrected chi connectivity index (χ4v) is 8.69. The van der Waals surface area contributed by atoms with Crippen LogP contribution in [0.5, 0.6) is 0 Å². The maximum Gasteiger partial charge on any atom is 0.417 e. The number of alkyl halides is 4. The van der Waals surface area contributed by atoms with E-state index in [4.69, 9.17) is 9.47 Å². The van der Waals surface area contributed by atoms with E-state index in [1.54, 1.807) is 11.1 Å². The molecule has 39 heavy (non-hydrogen) atoms. The first-order chi connectivity index (χ1) is 18.4. The molecule has 0 aromatic rings. The van der Waals surface area contributed by atoms with Crippen LogP contribution in [-0.2, 0) is 9.47 Å². The van der Waals surface area contributed by atoms with Crippen LogP contribution < -0.4 is 0 Å². The Labute approximate surface area is 246 Å². The van der Waals surface area contributed by atoms with Gasteiger partial charge in [-0.3, -0.25) is 0 Å². The highest BCUT2D eigenvalue weighted by molar-refractivity contribution is 14.1. The first-order valence-electron chi connectivity index (χ1n) is 15.1. The van der Waals surface area contributed by atoms with Gasteiger partial charge in [-0.25, -0.2) is 0 Å². The van der Waals surface area contributed by atoms with Crippen LogP contribution >= 0.6 is 22.6 Å². The Morgan fingerprint density at radius 2 is 1.79 bits per heavy atom. The lowest BCUT2D eigenvalue weighted by Crippen LogP contribution is -2.51. The molecule has 1 saturated heterocycles. The molecular formula is C32H46F3IO3. The predicted octanol–water partition coefficient (Wildman–Crippen LogP) is 8.71. The molecule has 220 valence electrons. The van der Waals surface area contributed by atoms with Crippen molar-refractivity contribution in [1.82, 2.24) is 0 Å². The molecule has 5 rings (SSSR count).